The molecule has 2 heteroatoms. The summed E-state index contributed by atoms with van der Waals surface area (Å²) >= 11 is 0. The number of aliphatic hydroxyl groups is 1. The predicted molar refractivity (Wildman–Crippen MR) is 70.8 cm³/mol. The van der Waals surface area contributed by atoms with Crippen molar-refractivity contribution >= 4 is 5.78 Å². The van der Waals surface area contributed by atoms with Crippen LogP contribution in [-0.4, -0.2) is 17.0 Å². The smallest absolute Gasteiger partial charge is 0.139 e. The van der Waals surface area contributed by atoms with Gasteiger partial charge in [-0.2, -0.15) is 0 Å². The minimum absolute atomic E-state index is 0.0960. The fourth-order valence-corrected chi connectivity index (χ4v) is 2.24. The number of rotatable bonds is 0. The Morgan fingerprint density at radius 2 is 2.06 bits per heavy atom. The van der Waals surface area contributed by atoms with Gasteiger partial charge in [0, 0.05) is 12.3 Å². The first-order valence-corrected chi connectivity index (χ1v) is 6.44. The maximum Gasteiger partial charge on any atom is 0.139 e. The predicted octanol–water partition coefficient (Wildman–Crippen LogP) is 3.41. The van der Waals surface area contributed by atoms with E-state index in [9.17, 15) is 9.90 Å². The zero-order chi connectivity index (χ0) is 13.0. The summed E-state index contributed by atoms with van der Waals surface area (Å²) in [5.41, 5.74) is 3.21. The van der Waals surface area contributed by atoms with Gasteiger partial charge in [-0.05, 0) is 45.6 Å². The van der Waals surface area contributed by atoms with Crippen LogP contribution >= 0.6 is 0 Å². The second kappa shape index (κ2) is 6.15. The number of hydrogen-bond donors (Lipinski definition) is 1. The molecule has 1 N–H and O–H groups in total. The third-order valence-electron chi connectivity index (χ3n) is 3.57. The van der Waals surface area contributed by atoms with E-state index in [0.717, 1.165) is 24.0 Å². The van der Waals surface area contributed by atoms with Crippen LogP contribution in [0.15, 0.2) is 22.8 Å². The number of carbonyl (C=O) groups excluding carboxylic acids is 1. The van der Waals surface area contributed by atoms with E-state index >= 15 is 0 Å². The molecule has 2 unspecified atom stereocenters. The first-order valence-electron chi connectivity index (χ1n) is 6.44. The van der Waals surface area contributed by atoms with Gasteiger partial charge in [0.25, 0.3) is 0 Å². The van der Waals surface area contributed by atoms with Gasteiger partial charge < -0.3 is 5.11 Å². The largest absolute Gasteiger partial charge is 0.388 e. The lowest BCUT2D eigenvalue weighted by atomic mass is 9.87. The maximum atomic E-state index is 12.0. The molecule has 1 rings (SSSR count). The van der Waals surface area contributed by atoms with Crippen LogP contribution in [0.1, 0.15) is 53.4 Å². The highest BCUT2D eigenvalue weighted by atomic mass is 16.3. The average Bonchev–Trinajstić information content (AvgIpc) is 2.23. The van der Waals surface area contributed by atoms with Crippen molar-refractivity contribution in [3.63, 3.8) is 0 Å². The molecule has 0 fully saturated rings. The molecule has 1 aliphatic rings. The van der Waals surface area contributed by atoms with Crippen molar-refractivity contribution in [2.75, 3.05) is 0 Å². The van der Waals surface area contributed by atoms with Gasteiger partial charge in [0.15, 0.2) is 0 Å². The molecule has 0 radical (unpaired) electrons. The third-order valence-corrected chi connectivity index (χ3v) is 3.57. The van der Waals surface area contributed by atoms with E-state index in [-0.39, 0.29) is 11.7 Å². The molecule has 0 aromatic rings. The Labute approximate surface area is 104 Å². The summed E-state index contributed by atoms with van der Waals surface area (Å²) in [7, 11) is 0. The Bertz CT molecular complexity index is 346. The van der Waals surface area contributed by atoms with Crippen molar-refractivity contribution in [1.29, 1.82) is 0 Å². The zero-order valence-corrected chi connectivity index (χ0v) is 11.4. The van der Waals surface area contributed by atoms with Crippen molar-refractivity contribution in [2.24, 2.45) is 5.92 Å². The van der Waals surface area contributed by atoms with E-state index in [0.29, 0.717) is 12.8 Å². The van der Waals surface area contributed by atoms with Crippen LogP contribution < -0.4 is 0 Å². The first kappa shape index (κ1) is 14.2. The average molecular weight is 236 g/mol. The fourth-order valence-electron chi connectivity index (χ4n) is 2.24. The lowest BCUT2D eigenvalue weighted by molar-refractivity contribution is -0.122. The van der Waals surface area contributed by atoms with Crippen LogP contribution in [0.3, 0.4) is 0 Å². The molecule has 0 saturated heterocycles. The normalized spacial score (nSPS) is 30.8. The topological polar surface area (TPSA) is 37.3 Å². The molecule has 0 amide bonds. The SMILES string of the molecule is CC(C)=C1CC(=O)C(C)CC/C=C(/C)CC1O. The van der Waals surface area contributed by atoms with Gasteiger partial charge in [0.05, 0.1) is 6.10 Å². The van der Waals surface area contributed by atoms with E-state index in [4.69, 9.17) is 0 Å². The summed E-state index contributed by atoms with van der Waals surface area (Å²) in [6, 6.07) is 0. The fraction of sp³-hybridized carbons (Fsp3) is 0.667. The van der Waals surface area contributed by atoms with Crippen molar-refractivity contribution < 1.29 is 9.90 Å². The Hall–Kier alpha value is -0.890. The van der Waals surface area contributed by atoms with Gasteiger partial charge in [-0.3, -0.25) is 4.79 Å². The Balaban J connectivity index is 2.99. The summed E-state index contributed by atoms with van der Waals surface area (Å²) in [5.74, 6) is 0.354. The summed E-state index contributed by atoms with van der Waals surface area (Å²) in [6.07, 6.45) is 4.59. The zero-order valence-electron chi connectivity index (χ0n) is 11.4. The summed E-state index contributed by atoms with van der Waals surface area (Å²) in [5, 5.41) is 10.2. The molecular formula is C15H24O2. The van der Waals surface area contributed by atoms with Crippen molar-refractivity contribution in [3.8, 4) is 0 Å². The second-order valence-electron chi connectivity index (χ2n) is 5.42. The highest BCUT2D eigenvalue weighted by molar-refractivity contribution is 5.83. The lowest BCUT2D eigenvalue weighted by Crippen LogP contribution is -2.20. The number of carbonyl (C=O) groups is 1. The molecule has 0 spiro atoms. The number of allylic oxidation sites excluding steroid dienone is 2. The molecule has 2 nitrogen and oxygen atoms in total. The van der Waals surface area contributed by atoms with E-state index in [2.05, 4.69) is 13.0 Å². The molecule has 0 saturated carbocycles. The Morgan fingerprint density at radius 1 is 1.41 bits per heavy atom. The molecule has 0 aromatic heterocycles. The van der Waals surface area contributed by atoms with E-state index < -0.39 is 6.10 Å². The van der Waals surface area contributed by atoms with Crippen molar-refractivity contribution in [2.45, 2.75) is 59.5 Å². The van der Waals surface area contributed by atoms with Crippen LogP contribution in [0.5, 0.6) is 0 Å². The third kappa shape index (κ3) is 4.12. The molecular weight excluding hydrogens is 212 g/mol. The maximum absolute atomic E-state index is 12.0. The molecule has 0 bridgehead atoms. The second-order valence-corrected chi connectivity index (χ2v) is 5.42. The van der Waals surface area contributed by atoms with Crippen LogP contribution in [0.4, 0.5) is 0 Å². The van der Waals surface area contributed by atoms with Crippen molar-refractivity contribution in [3.05, 3.63) is 22.8 Å². The minimum Gasteiger partial charge on any atom is -0.388 e. The van der Waals surface area contributed by atoms with Crippen LogP contribution in [0, 0.1) is 5.92 Å². The lowest BCUT2D eigenvalue weighted by Gasteiger charge is -2.20. The van der Waals surface area contributed by atoms with Crippen LogP contribution in [0.25, 0.3) is 0 Å². The molecule has 96 valence electrons. The Kier molecular flexibility index (Phi) is 5.13. The molecule has 0 heterocycles. The quantitative estimate of drug-likeness (QED) is 0.654. The van der Waals surface area contributed by atoms with Crippen molar-refractivity contribution in [1.82, 2.24) is 0 Å². The number of aliphatic hydroxyl groups excluding tert-OH is 1. The van der Waals surface area contributed by atoms with Crippen LogP contribution in [0.2, 0.25) is 0 Å². The summed E-state index contributed by atoms with van der Waals surface area (Å²) < 4.78 is 0. The monoisotopic (exact) mass is 236 g/mol. The number of Topliss-reactive ketones (excluding diaryl/α,β-unsaturated/α-hetero) is 1. The van der Waals surface area contributed by atoms with Gasteiger partial charge in [-0.1, -0.05) is 24.1 Å². The van der Waals surface area contributed by atoms with E-state index in [1.165, 1.54) is 5.57 Å². The standard InChI is InChI=1S/C15H24O2/c1-10(2)13-9-14(16)12(4)7-5-6-11(3)8-15(13)17/h6,12,15,17H,5,7-9H2,1-4H3/b11-6-. The molecule has 0 aliphatic heterocycles. The van der Waals surface area contributed by atoms with Gasteiger partial charge in [-0.15, -0.1) is 0 Å². The highest BCUT2D eigenvalue weighted by Crippen LogP contribution is 2.24. The van der Waals surface area contributed by atoms with E-state index in [1.807, 2.05) is 20.8 Å². The summed E-state index contributed by atoms with van der Waals surface area (Å²) in [4.78, 5) is 12.0. The summed E-state index contributed by atoms with van der Waals surface area (Å²) in [6.45, 7) is 7.99. The highest BCUT2D eigenvalue weighted by Gasteiger charge is 2.21. The van der Waals surface area contributed by atoms with Gasteiger partial charge in [0.2, 0.25) is 0 Å². The van der Waals surface area contributed by atoms with E-state index in [1.54, 1.807) is 0 Å². The Morgan fingerprint density at radius 3 is 2.65 bits per heavy atom. The molecule has 2 atom stereocenters. The molecule has 1 aliphatic carbocycles. The molecule has 0 aromatic carbocycles. The van der Waals surface area contributed by atoms with Gasteiger partial charge >= 0.3 is 0 Å². The van der Waals surface area contributed by atoms with Crippen LogP contribution in [-0.2, 0) is 4.79 Å². The minimum atomic E-state index is -0.495. The first-order chi connectivity index (χ1) is 7.91. The number of ketones is 1. The number of hydrogen-bond acceptors (Lipinski definition) is 2. The van der Waals surface area contributed by atoms with Gasteiger partial charge in [-0.25, -0.2) is 0 Å². The van der Waals surface area contributed by atoms with Gasteiger partial charge in [0.1, 0.15) is 5.78 Å². The molecule has 17 heavy (non-hydrogen) atoms.